The van der Waals surface area contributed by atoms with Crippen molar-refractivity contribution in [3.63, 3.8) is 0 Å². The number of aryl methyl sites for hydroxylation is 1. The van der Waals surface area contributed by atoms with Crippen LogP contribution in [0.2, 0.25) is 0 Å². The van der Waals surface area contributed by atoms with Crippen molar-refractivity contribution in [2.24, 2.45) is 5.92 Å². The van der Waals surface area contributed by atoms with Crippen LogP contribution in [0.1, 0.15) is 32.3 Å². The van der Waals surface area contributed by atoms with Crippen molar-refractivity contribution in [1.29, 1.82) is 0 Å². The number of anilines is 1. The third-order valence-electron chi connectivity index (χ3n) is 4.07. The molecule has 5 nitrogen and oxygen atoms in total. The number of fused-ring (bicyclic) bond motifs is 1. The topological polar surface area (TPSA) is 58.6 Å². The van der Waals surface area contributed by atoms with E-state index in [4.69, 9.17) is 4.74 Å². The number of carbonyl (C=O) groups excluding carboxylic acids is 2. The number of hydrogen-bond acceptors (Lipinski definition) is 4. The van der Waals surface area contributed by atoms with Crippen LogP contribution in [0.4, 0.5) is 5.69 Å². The second-order valence-electron chi connectivity index (χ2n) is 6.43. The third kappa shape index (κ3) is 4.71. The molecule has 1 atom stereocenters. The molecule has 0 bridgehead atoms. The number of nitrogens with one attached hydrogen (secondary N) is 1. The SMILES string of the molecule is COC(=O)C(CC(C)C)NC(=O)CN1CCCc2ccccc21. The van der Waals surface area contributed by atoms with Crippen LogP contribution in [-0.2, 0) is 20.7 Å². The highest BCUT2D eigenvalue weighted by atomic mass is 16.5. The Morgan fingerprint density at radius 3 is 2.74 bits per heavy atom. The first kappa shape index (κ1) is 17.3. The van der Waals surface area contributed by atoms with E-state index in [0.717, 1.165) is 25.1 Å². The highest BCUT2D eigenvalue weighted by Crippen LogP contribution is 2.26. The summed E-state index contributed by atoms with van der Waals surface area (Å²) in [5, 5.41) is 2.82. The first-order valence-corrected chi connectivity index (χ1v) is 8.21. The van der Waals surface area contributed by atoms with Crippen LogP contribution < -0.4 is 10.2 Å². The molecular weight excluding hydrogens is 292 g/mol. The van der Waals surface area contributed by atoms with Gasteiger partial charge in [-0.1, -0.05) is 32.0 Å². The molecule has 1 N–H and O–H groups in total. The van der Waals surface area contributed by atoms with Crippen molar-refractivity contribution in [3.8, 4) is 0 Å². The second-order valence-corrected chi connectivity index (χ2v) is 6.43. The van der Waals surface area contributed by atoms with Gasteiger partial charge >= 0.3 is 5.97 Å². The normalized spacial score (nSPS) is 15.0. The molecule has 126 valence electrons. The van der Waals surface area contributed by atoms with E-state index in [0.29, 0.717) is 12.3 Å². The van der Waals surface area contributed by atoms with Gasteiger partial charge in [0.1, 0.15) is 6.04 Å². The van der Waals surface area contributed by atoms with E-state index in [1.807, 2.05) is 32.0 Å². The zero-order chi connectivity index (χ0) is 16.8. The van der Waals surface area contributed by atoms with Crippen LogP contribution in [-0.4, -0.2) is 38.1 Å². The summed E-state index contributed by atoms with van der Waals surface area (Å²) < 4.78 is 4.79. The molecule has 1 aliphatic heterocycles. The number of rotatable bonds is 6. The van der Waals surface area contributed by atoms with Gasteiger partial charge in [-0.2, -0.15) is 0 Å². The molecular formula is C18H26N2O3. The molecule has 0 fully saturated rings. The molecule has 0 aliphatic carbocycles. The van der Waals surface area contributed by atoms with Crippen LogP contribution in [0.25, 0.3) is 0 Å². The predicted molar refractivity (Wildman–Crippen MR) is 90.4 cm³/mol. The van der Waals surface area contributed by atoms with Crippen LogP contribution in [0, 0.1) is 5.92 Å². The van der Waals surface area contributed by atoms with Crippen molar-refractivity contribution >= 4 is 17.6 Å². The maximum atomic E-state index is 12.4. The summed E-state index contributed by atoms with van der Waals surface area (Å²) in [7, 11) is 1.35. The molecule has 0 saturated carbocycles. The molecule has 1 aromatic rings. The summed E-state index contributed by atoms with van der Waals surface area (Å²) in [6, 6.07) is 7.60. The smallest absolute Gasteiger partial charge is 0.328 e. The molecule has 23 heavy (non-hydrogen) atoms. The number of ether oxygens (including phenoxy) is 1. The molecule has 2 rings (SSSR count). The fourth-order valence-electron chi connectivity index (χ4n) is 3.02. The van der Waals surface area contributed by atoms with Crippen molar-refractivity contribution in [2.75, 3.05) is 25.1 Å². The van der Waals surface area contributed by atoms with E-state index in [2.05, 4.69) is 16.3 Å². The summed E-state index contributed by atoms with van der Waals surface area (Å²) >= 11 is 0. The molecule has 0 saturated heterocycles. The maximum absolute atomic E-state index is 12.4. The van der Waals surface area contributed by atoms with Crippen molar-refractivity contribution in [3.05, 3.63) is 29.8 Å². The van der Waals surface area contributed by atoms with Gasteiger partial charge in [0, 0.05) is 12.2 Å². The average molecular weight is 318 g/mol. The van der Waals surface area contributed by atoms with Crippen LogP contribution in [0.5, 0.6) is 0 Å². The number of methoxy groups -OCH3 is 1. The Morgan fingerprint density at radius 2 is 2.04 bits per heavy atom. The number of esters is 1. The van der Waals surface area contributed by atoms with E-state index in [-0.39, 0.29) is 18.4 Å². The van der Waals surface area contributed by atoms with Gasteiger partial charge in [0.2, 0.25) is 5.91 Å². The van der Waals surface area contributed by atoms with Gasteiger partial charge in [-0.25, -0.2) is 4.79 Å². The lowest BCUT2D eigenvalue weighted by atomic mass is 10.0. The fourth-order valence-corrected chi connectivity index (χ4v) is 3.02. The van der Waals surface area contributed by atoms with Gasteiger partial charge in [-0.05, 0) is 36.8 Å². The van der Waals surface area contributed by atoms with Gasteiger partial charge in [0.05, 0.1) is 13.7 Å². The van der Waals surface area contributed by atoms with Gasteiger partial charge in [0.25, 0.3) is 0 Å². The lowest BCUT2D eigenvalue weighted by Gasteiger charge is -2.31. The molecule has 0 aromatic heterocycles. The highest BCUT2D eigenvalue weighted by Gasteiger charge is 2.24. The van der Waals surface area contributed by atoms with Crippen molar-refractivity contribution < 1.29 is 14.3 Å². The molecule has 1 unspecified atom stereocenters. The Morgan fingerprint density at radius 1 is 1.30 bits per heavy atom. The van der Waals surface area contributed by atoms with Crippen LogP contribution >= 0.6 is 0 Å². The molecule has 1 heterocycles. The summed E-state index contributed by atoms with van der Waals surface area (Å²) in [4.78, 5) is 26.3. The molecule has 0 spiro atoms. The second kappa shape index (κ2) is 7.99. The number of amides is 1. The monoisotopic (exact) mass is 318 g/mol. The molecule has 5 heteroatoms. The maximum Gasteiger partial charge on any atom is 0.328 e. The lowest BCUT2D eigenvalue weighted by molar-refractivity contribution is -0.145. The van der Waals surface area contributed by atoms with Crippen molar-refractivity contribution in [1.82, 2.24) is 5.32 Å². The van der Waals surface area contributed by atoms with Gasteiger partial charge in [-0.3, -0.25) is 4.79 Å². The summed E-state index contributed by atoms with van der Waals surface area (Å²) in [5.41, 5.74) is 2.39. The Balaban J connectivity index is 2.00. The number of para-hydroxylation sites is 1. The number of carbonyl (C=O) groups is 2. The van der Waals surface area contributed by atoms with E-state index < -0.39 is 6.04 Å². The number of nitrogens with zero attached hydrogens (tertiary/aromatic N) is 1. The summed E-state index contributed by atoms with van der Waals surface area (Å²) in [6.45, 7) is 5.16. The standard InChI is InChI=1S/C18H26N2O3/c1-13(2)11-15(18(22)23-3)19-17(21)12-20-10-6-8-14-7-4-5-9-16(14)20/h4-5,7,9,13,15H,6,8,10-12H2,1-3H3,(H,19,21). The third-order valence-corrected chi connectivity index (χ3v) is 4.07. The van der Waals surface area contributed by atoms with Crippen molar-refractivity contribution in [2.45, 2.75) is 39.2 Å². The summed E-state index contributed by atoms with van der Waals surface area (Å²) in [5.74, 6) is -0.223. The first-order valence-electron chi connectivity index (χ1n) is 8.21. The predicted octanol–water partition coefficient (Wildman–Crippen LogP) is 2.14. The zero-order valence-electron chi connectivity index (χ0n) is 14.2. The summed E-state index contributed by atoms with van der Waals surface area (Å²) in [6.07, 6.45) is 2.66. The quantitative estimate of drug-likeness (QED) is 0.817. The highest BCUT2D eigenvalue weighted by molar-refractivity contribution is 5.87. The Hall–Kier alpha value is -2.04. The van der Waals surface area contributed by atoms with Crippen LogP contribution in [0.3, 0.4) is 0 Å². The largest absolute Gasteiger partial charge is 0.467 e. The minimum atomic E-state index is -0.576. The number of hydrogen-bond donors (Lipinski definition) is 1. The lowest BCUT2D eigenvalue weighted by Crippen LogP contribution is -2.47. The first-order chi connectivity index (χ1) is 11.0. The van der Waals surface area contributed by atoms with E-state index >= 15 is 0 Å². The van der Waals surface area contributed by atoms with E-state index in [1.54, 1.807) is 0 Å². The van der Waals surface area contributed by atoms with Gasteiger partial charge in [-0.15, -0.1) is 0 Å². The Bertz CT molecular complexity index is 557. The molecule has 0 radical (unpaired) electrons. The Labute approximate surface area is 138 Å². The van der Waals surface area contributed by atoms with E-state index in [1.165, 1.54) is 12.7 Å². The van der Waals surface area contributed by atoms with Gasteiger partial charge in [0.15, 0.2) is 0 Å². The van der Waals surface area contributed by atoms with Gasteiger partial charge < -0.3 is 15.0 Å². The molecule has 1 aliphatic rings. The van der Waals surface area contributed by atoms with E-state index in [9.17, 15) is 9.59 Å². The number of benzene rings is 1. The zero-order valence-corrected chi connectivity index (χ0v) is 14.2. The molecule has 1 amide bonds. The fraction of sp³-hybridized carbons (Fsp3) is 0.556. The Kier molecular flexibility index (Phi) is 6.02. The van der Waals surface area contributed by atoms with Crippen LogP contribution in [0.15, 0.2) is 24.3 Å². The molecule has 1 aromatic carbocycles. The minimum Gasteiger partial charge on any atom is -0.467 e. The average Bonchev–Trinajstić information content (AvgIpc) is 2.53. The minimum absolute atomic E-state index is 0.141.